The Kier molecular flexibility index (Phi) is 44.2. The maximum absolute atomic E-state index is 13.3. The van der Waals surface area contributed by atoms with Crippen LogP contribution in [0.3, 0.4) is 0 Å². The lowest BCUT2D eigenvalue weighted by atomic mass is 9.94. The van der Waals surface area contributed by atoms with Gasteiger partial charge in [0, 0.05) is 13.8 Å². The van der Waals surface area contributed by atoms with Gasteiger partial charge in [0.05, 0.1) is 85.9 Å². The molecule has 0 aromatic rings. The van der Waals surface area contributed by atoms with Gasteiger partial charge in [0.1, 0.15) is 317 Å². The van der Waals surface area contributed by atoms with Crippen molar-refractivity contribution in [3.63, 3.8) is 0 Å². The smallest absolute Gasteiger partial charge is 0.217 e. The minimum atomic E-state index is -2.88. The average molecular weight is 2210 g/mol. The number of aliphatic hydroxyl groups is 39. The molecule has 65 atom stereocenters. The van der Waals surface area contributed by atoms with Gasteiger partial charge >= 0.3 is 0 Å². The van der Waals surface area contributed by atoms with Gasteiger partial charge in [0.15, 0.2) is 81.8 Å². The maximum atomic E-state index is 13.3. The standard InChI is InChI=1S/C82H138N2O66/c1-16(95)83-31-44(108)61(26(11-93)129-70(31)125)142-71-32(84-17(2)96)45(109)62(27(12-94)138-71)143-77-60(124)64(145-82-69(150-81-68(53(117)40(104)25(10-92)137-81)149-76-58(122)49(113)36(100)21(6-88)133-76)54(118)41(105)28(141-82)13-127-78-65(50(114)37(101)22(7-89)134-78)146-73-55(119)46(110)33(97)18(3-85)130-73)43(107)30(140-77)14-126-72-59(123)63(144-80-67(52(116)39(103)24(9-91)136-80)148-75-57(121)48(112)35(99)20(5-87)132-75)42(106)29(139-72)15-128-79-66(51(115)38(102)23(8-90)135-79)147-74-56(120)47(111)34(98)19(4-86)131-74/h18-82,85-94,97-125H,3-15H2,1-2H3,(H,83,95)(H,84,96)/t18-,19-,20-,21-,22-,23-,24-,25-,26-,27-,28-,29-,30-,31-,32-,33-,34-,35-,36-,37-,38-,39-,40-,41-,42-,43-,44-,45-,46+,47+,48+,49+,50-,51+,52+,53+,54+,55+,56+,57+,58+,59+,60+,61-,62-,63+,64+,65+,66+,67+,68+,69+,70-,71+,72+,73-,74-,75-,76-,77+,78+,79+,80-,81-,82-/m1/s1. The van der Waals surface area contributed by atoms with Crippen molar-refractivity contribution in [2.45, 2.75) is 413 Å². The molecule has 0 unspecified atom stereocenters. The number of aliphatic hydroxyl groups excluding tert-OH is 39. The molecule has 150 heavy (non-hydrogen) atoms. The molecule has 2 amide bonds. The van der Waals surface area contributed by atoms with Gasteiger partial charge in [-0.25, -0.2) is 0 Å². The molecule has 13 heterocycles. The van der Waals surface area contributed by atoms with Gasteiger partial charge in [-0.15, -0.1) is 0 Å². The third-order valence-electron chi connectivity index (χ3n) is 28.0. The Bertz CT molecular complexity index is 4070. The van der Waals surface area contributed by atoms with Crippen molar-refractivity contribution in [3.8, 4) is 0 Å². The van der Waals surface area contributed by atoms with E-state index in [9.17, 15) is 209 Å². The van der Waals surface area contributed by atoms with Crippen LogP contribution in [0.25, 0.3) is 0 Å². The van der Waals surface area contributed by atoms with E-state index in [1.807, 2.05) is 0 Å². The lowest BCUT2D eigenvalue weighted by Gasteiger charge is -2.51. The molecule has 13 rings (SSSR count). The summed E-state index contributed by atoms with van der Waals surface area (Å²) < 4.78 is 148. The predicted octanol–water partition coefficient (Wildman–Crippen LogP) is -29.0. The fraction of sp³-hybridized carbons (Fsp3) is 0.976. The number of carbonyl (C=O) groups excluding carboxylic acids is 2. The van der Waals surface area contributed by atoms with Crippen LogP contribution >= 0.6 is 0 Å². The highest BCUT2D eigenvalue weighted by molar-refractivity contribution is 5.73. The second kappa shape index (κ2) is 53.8. The summed E-state index contributed by atoms with van der Waals surface area (Å²) in [5.41, 5.74) is 0. The fourth-order valence-electron chi connectivity index (χ4n) is 19.3. The van der Waals surface area contributed by atoms with Crippen LogP contribution in [0.2, 0.25) is 0 Å². The summed E-state index contributed by atoms with van der Waals surface area (Å²) in [5, 5.41) is 444. The Morgan fingerprint density at radius 3 is 0.680 bits per heavy atom. The molecule has 13 saturated heterocycles. The first-order valence-corrected chi connectivity index (χ1v) is 47.7. The van der Waals surface area contributed by atoms with Crippen molar-refractivity contribution in [1.82, 2.24) is 10.6 Å². The number of rotatable bonds is 39. The number of ether oxygens (including phenoxy) is 25. The van der Waals surface area contributed by atoms with Crippen molar-refractivity contribution < 1.29 is 327 Å². The molecule has 13 fully saturated rings. The zero-order valence-electron chi connectivity index (χ0n) is 79.2. The van der Waals surface area contributed by atoms with E-state index < -0.39 is 497 Å². The van der Waals surface area contributed by atoms with Gasteiger partial charge in [-0.3, -0.25) is 9.59 Å². The van der Waals surface area contributed by atoms with E-state index in [1.165, 1.54) is 0 Å². The summed E-state index contributed by atoms with van der Waals surface area (Å²) in [6.45, 7) is -14.0. The monoisotopic (exact) mass is 2210 g/mol. The molecule has 0 bridgehead atoms. The number of amides is 2. The van der Waals surface area contributed by atoms with Crippen LogP contribution in [-0.2, 0) is 128 Å². The van der Waals surface area contributed by atoms with Crippen molar-refractivity contribution in [2.75, 3.05) is 85.9 Å². The van der Waals surface area contributed by atoms with E-state index in [2.05, 4.69) is 10.6 Å². The first-order valence-electron chi connectivity index (χ1n) is 47.7. The van der Waals surface area contributed by atoms with Crippen molar-refractivity contribution in [2.24, 2.45) is 0 Å². The Hall–Kier alpha value is -3.62. The van der Waals surface area contributed by atoms with Crippen molar-refractivity contribution >= 4 is 11.8 Å². The van der Waals surface area contributed by atoms with Gasteiger partial charge in [0.25, 0.3) is 0 Å². The molecule has 0 aromatic heterocycles. The Balaban J connectivity index is 0.899. The zero-order valence-corrected chi connectivity index (χ0v) is 79.2. The van der Waals surface area contributed by atoms with E-state index in [0.717, 1.165) is 13.8 Å². The number of nitrogens with one attached hydrogen (secondary N) is 2. The van der Waals surface area contributed by atoms with Crippen molar-refractivity contribution in [3.05, 3.63) is 0 Å². The topological polar surface area (TPSA) is 1080 Å². The Morgan fingerprint density at radius 2 is 0.367 bits per heavy atom. The molecule has 0 aromatic carbocycles. The molecule has 13 aliphatic heterocycles. The van der Waals surface area contributed by atoms with Gasteiger partial charge in [0.2, 0.25) is 11.8 Å². The SMILES string of the molecule is CC(=O)N[C@@H]1[C@@H](O)[C@H](O[C@@H]2O[C@H](CO)[C@@H](O[C@@H]3O[C@H](CO[C@H]4O[C@H](CO[C@H]5O[C@H](CO)[C@@H](O)[C@H](O)[C@@H]5O[C@H]5O[C@H](CO)[C@@H](O)[C@H](O)[C@@H]5O)[C@@H](O)[C@H](O[C@H]5O[C@H](CO)[C@@H](O)[C@H](O)[C@@H]5O[C@H]5O[C@H](CO)[C@@H](O)[C@H](O)[C@@H]5O)[C@@H]4O)[C@@H](O)[C@H](O[C@H]4O[C@H](CO[C@H]5O[C@H](CO)[C@@H](O)[C@@H](O)[C@@H]5O[C@H]5O[C@H](CO)[C@@H](O)[C@H](O)[C@@H]5O)[C@@H](O)[C@H](O)[C@@H]4O[C@H]4O[C@H](CO)[C@@H](O)[C@H](O)[C@@H]4O[C@H]4O[C@H](CO)[C@@H](O)[C@H](O)[C@@H]4O)[C@@H]3O)[C@H](O)[C@H]2NC(C)=O)[C@@H](CO)O[C@H]1O. The molecule has 68 nitrogen and oxygen atoms in total. The second-order valence-electron chi connectivity index (χ2n) is 38.0. The summed E-state index contributed by atoms with van der Waals surface area (Å²) in [6, 6.07) is -3.88. The van der Waals surface area contributed by atoms with Gasteiger partial charge in [-0.05, 0) is 0 Å². The zero-order chi connectivity index (χ0) is 110. The quantitative estimate of drug-likeness (QED) is 0.0272. The molecule has 41 N–H and O–H groups in total. The Morgan fingerprint density at radius 1 is 0.173 bits per heavy atom. The molecule has 0 radical (unpaired) electrons. The average Bonchev–Trinajstić information content (AvgIpc) is 0.765. The number of carbonyl (C=O) groups is 2. The number of hydrogen-bond donors (Lipinski definition) is 41. The van der Waals surface area contributed by atoms with E-state index in [0.29, 0.717) is 0 Å². The summed E-state index contributed by atoms with van der Waals surface area (Å²) in [4.78, 5) is 25.7. The van der Waals surface area contributed by atoms with Crippen LogP contribution in [0, 0.1) is 0 Å². The predicted molar refractivity (Wildman–Crippen MR) is 451 cm³/mol. The second-order valence-corrected chi connectivity index (χ2v) is 38.0. The van der Waals surface area contributed by atoms with Crippen LogP contribution in [0.15, 0.2) is 0 Å². The van der Waals surface area contributed by atoms with Crippen LogP contribution in [0.1, 0.15) is 13.8 Å². The molecule has 13 aliphatic rings. The number of hydrogen-bond acceptors (Lipinski definition) is 66. The lowest BCUT2D eigenvalue weighted by molar-refractivity contribution is -0.411. The minimum absolute atomic E-state index is 0.865. The van der Waals surface area contributed by atoms with Gasteiger partial charge in [-0.1, -0.05) is 0 Å². The summed E-state index contributed by atoms with van der Waals surface area (Å²) in [5.74, 6) is -1.93. The fourth-order valence-corrected chi connectivity index (χ4v) is 19.3. The highest BCUT2D eigenvalue weighted by Crippen LogP contribution is 2.43. The largest absolute Gasteiger partial charge is 0.394 e. The first kappa shape index (κ1) is 123. The van der Waals surface area contributed by atoms with E-state index in [1.54, 1.807) is 0 Å². The highest BCUT2D eigenvalue weighted by atomic mass is 16.8. The maximum Gasteiger partial charge on any atom is 0.217 e. The molecule has 0 spiro atoms. The van der Waals surface area contributed by atoms with Crippen LogP contribution in [-0.4, -0.2) is 696 Å². The summed E-state index contributed by atoms with van der Waals surface area (Å²) in [6.07, 6.45) is -145. The summed E-state index contributed by atoms with van der Waals surface area (Å²) in [7, 11) is 0. The lowest BCUT2D eigenvalue weighted by Crippen LogP contribution is -2.70. The first-order chi connectivity index (χ1) is 71.1. The third kappa shape index (κ3) is 26.4. The van der Waals surface area contributed by atoms with Crippen LogP contribution < -0.4 is 10.6 Å². The van der Waals surface area contributed by atoms with E-state index >= 15 is 0 Å². The molecule has 0 aliphatic carbocycles. The molecule has 0 saturated carbocycles. The molecule has 872 valence electrons. The van der Waals surface area contributed by atoms with E-state index in [4.69, 9.17) is 118 Å². The van der Waals surface area contributed by atoms with Crippen LogP contribution in [0.4, 0.5) is 0 Å². The van der Waals surface area contributed by atoms with Crippen molar-refractivity contribution in [1.29, 1.82) is 0 Å². The molecule has 68 heteroatoms. The van der Waals surface area contributed by atoms with E-state index in [-0.39, 0.29) is 0 Å². The normalized spacial score (nSPS) is 52.1. The molecular weight excluding hydrogens is 2070 g/mol. The highest BCUT2D eigenvalue weighted by Gasteiger charge is 2.64. The molecular formula is C82H138N2O66. The van der Waals surface area contributed by atoms with Gasteiger partial charge < -0.3 is 328 Å². The third-order valence-corrected chi connectivity index (χ3v) is 28.0. The minimum Gasteiger partial charge on any atom is -0.394 e. The summed E-state index contributed by atoms with van der Waals surface area (Å²) >= 11 is 0. The Labute approximate surface area is 845 Å². The van der Waals surface area contributed by atoms with Crippen LogP contribution in [0.5, 0.6) is 0 Å². The van der Waals surface area contributed by atoms with Gasteiger partial charge in [-0.2, -0.15) is 0 Å².